The first-order valence-electron chi connectivity index (χ1n) is 11.0. The molecule has 0 aromatic heterocycles. The molecule has 0 radical (unpaired) electrons. The van der Waals surface area contributed by atoms with Crippen LogP contribution in [0, 0.1) is 5.92 Å². The normalized spacial score (nSPS) is 20.8. The molecule has 0 saturated carbocycles. The Morgan fingerprint density at radius 2 is 1.85 bits per heavy atom. The molecule has 1 fully saturated rings. The maximum atomic E-state index is 13.0. The number of hydrogen-bond acceptors (Lipinski definition) is 7. The number of fused-ring (bicyclic) bond motifs is 1. The van der Waals surface area contributed by atoms with Crippen molar-refractivity contribution in [3.8, 4) is 5.75 Å². The number of rotatable bonds is 7. The van der Waals surface area contributed by atoms with Crippen LogP contribution in [0.1, 0.15) is 6.42 Å². The van der Waals surface area contributed by atoms with Crippen LogP contribution in [0.2, 0.25) is 0 Å². The van der Waals surface area contributed by atoms with Crippen LogP contribution in [0.4, 0.5) is 5.69 Å². The highest BCUT2D eigenvalue weighted by atomic mass is 32.1. The number of piperazine rings is 1. The zero-order valence-corrected chi connectivity index (χ0v) is 19.7. The fourth-order valence-electron chi connectivity index (χ4n) is 4.27. The van der Waals surface area contributed by atoms with E-state index in [-0.39, 0.29) is 11.0 Å². The third-order valence-corrected chi connectivity index (χ3v) is 6.48. The maximum absolute atomic E-state index is 13.0. The molecule has 1 unspecified atom stereocenters. The van der Waals surface area contributed by atoms with E-state index in [4.69, 9.17) is 21.7 Å². The molecule has 0 spiro atoms. The summed E-state index contributed by atoms with van der Waals surface area (Å²) in [5, 5.41) is 0.256. The Bertz CT molecular complexity index is 1010. The first kappa shape index (κ1) is 23.1. The Hall–Kier alpha value is -3.04. The number of allylic oxidation sites excluding steroid dienone is 1. The molecule has 2 aliphatic heterocycles. The molecule has 4 rings (SSSR count). The molecule has 1 saturated heterocycles. The minimum Gasteiger partial charge on any atom is -0.497 e. The summed E-state index contributed by atoms with van der Waals surface area (Å²) in [5.74, 6) is -0.188. The molecule has 0 bridgehead atoms. The Labute approximate surface area is 199 Å². The quantitative estimate of drug-likeness (QED) is 0.448. The summed E-state index contributed by atoms with van der Waals surface area (Å²) in [6, 6.07) is 8.16. The van der Waals surface area contributed by atoms with Crippen molar-refractivity contribution in [1.82, 2.24) is 9.80 Å². The number of aliphatic imine (C=N–C) groups is 1. The first-order valence-corrected chi connectivity index (χ1v) is 11.4. The number of hydrogen-bond donors (Lipinski definition) is 0. The Morgan fingerprint density at radius 3 is 2.52 bits per heavy atom. The van der Waals surface area contributed by atoms with Crippen molar-refractivity contribution in [3.05, 3.63) is 48.1 Å². The number of methoxy groups -OCH3 is 2. The van der Waals surface area contributed by atoms with E-state index < -0.39 is 11.9 Å². The number of carbonyl (C=O) groups excluding carboxylic acids is 2. The van der Waals surface area contributed by atoms with Gasteiger partial charge in [-0.05, 0) is 55.5 Å². The average Bonchev–Trinajstić information content (AvgIpc) is 2.85. The van der Waals surface area contributed by atoms with Crippen molar-refractivity contribution in [3.63, 3.8) is 0 Å². The van der Waals surface area contributed by atoms with Gasteiger partial charge in [-0.15, -0.1) is 0 Å². The predicted molar refractivity (Wildman–Crippen MR) is 131 cm³/mol. The van der Waals surface area contributed by atoms with Crippen LogP contribution >= 0.6 is 12.2 Å². The smallest absolute Gasteiger partial charge is 0.337 e. The van der Waals surface area contributed by atoms with Gasteiger partial charge in [-0.1, -0.05) is 12.2 Å². The van der Waals surface area contributed by atoms with Crippen LogP contribution in [0.25, 0.3) is 0 Å². The number of carbonyl (C=O) groups is 2. The fraction of sp³-hybridized carbons (Fsp3) is 0.417. The van der Waals surface area contributed by atoms with Crippen LogP contribution < -0.4 is 9.64 Å². The molecule has 0 N–H and O–H groups in total. The third kappa shape index (κ3) is 5.15. The topological polar surface area (TPSA) is 74.7 Å². The standard InChI is InChI=1S/C24H28N4O4S/c1-31-19-7-5-18(6-8-19)27-14-12-26(13-15-27)10-3-11-28-22(29)20-9-4-17(23(30)32-2)16-21(20)25-24(28)33/h4-9,16,20H,3,10-15H2,1-2H3. The van der Waals surface area contributed by atoms with E-state index in [1.54, 1.807) is 30.2 Å². The van der Waals surface area contributed by atoms with Gasteiger partial charge in [-0.2, -0.15) is 0 Å². The lowest BCUT2D eigenvalue weighted by Gasteiger charge is -2.36. The summed E-state index contributed by atoms with van der Waals surface area (Å²) in [5.41, 5.74) is 2.07. The highest BCUT2D eigenvalue weighted by Crippen LogP contribution is 2.24. The van der Waals surface area contributed by atoms with Crippen molar-refractivity contribution in [2.24, 2.45) is 10.9 Å². The zero-order chi connectivity index (χ0) is 23.4. The molecule has 1 aliphatic carbocycles. The molecule has 33 heavy (non-hydrogen) atoms. The van der Waals surface area contributed by atoms with Crippen molar-refractivity contribution in [2.75, 3.05) is 58.4 Å². The van der Waals surface area contributed by atoms with Crippen LogP contribution in [-0.4, -0.2) is 86.0 Å². The number of esters is 1. The number of thiocarbonyl (C=S) groups is 1. The average molecular weight is 469 g/mol. The van der Waals surface area contributed by atoms with Crippen molar-refractivity contribution in [1.29, 1.82) is 0 Å². The minimum atomic E-state index is -0.502. The molecular weight excluding hydrogens is 440 g/mol. The van der Waals surface area contributed by atoms with Gasteiger partial charge in [0.05, 0.1) is 31.4 Å². The molecule has 9 heteroatoms. The van der Waals surface area contributed by atoms with E-state index in [2.05, 4.69) is 26.9 Å². The van der Waals surface area contributed by atoms with Gasteiger partial charge < -0.3 is 14.4 Å². The third-order valence-electron chi connectivity index (χ3n) is 6.17. The van der Waals surface area contributed by atoms with Crippen molar-refractivity contribution >= 4 is 40.6 Å². The second-order valence-electron chi connectivity index (χ2n) is 8.12. The molecule has 1 aromatic rings. The zero-order valence-electron chi connectivity index (χ0n) is 18.9. The maximum Gasteiger partial charge on any atom is 0.337 e. The number of ether oxygens (including phenoxy) is 2. The molecule has 1 amide bonds. The summed E-state index contributed by atoms with van der Waals surface area (Å²) in [6.45, 7) is 5.29. The highest BCUT2D eigenvalue weighted by molar-refractivity contribution is 7.80. The summed E-state index contributed by atoms with van der Waals surface area (Å²) in [6.07, 6.45) is 5.71. The van der Waals surface area contributed by atoms with Gasteiger partial charge in [0.2, 0.25) is 11.0 Å². The Balaban J connectivity index is 1.26. The van der Waals surface area contributed by atoms with Crippen LogP contribution in [0.3, 0.4) is 0 Å². The highest BCUT2D eigenvalue weighted by Gasteiger charge is 2.35. The van der Waals surface area contributed by atoms with Gasteiger partial charge in [-0.25, -0.2) is 9.79 Å². The van der Waals surface area contributed by atoms with E-state index in [0.29, 0.717) is 17.8 Å². The van der Waals surface area contributed by atoms with Crippen LogP contribution in [0.15, 0.2) is 53.1 Å². The molecule has 1 aromatic carbocycles. The Kier molecular flexibility index (Phi) is 7.20. The fourth-order valence-corrected chi connectivity index (χ4v) is 4.55. The summed E-state index contributed by atoms with van der Waals surface area (Å²) >= 11 is 5.38. The van der Waals surface area contributed by atoms with Crippen LogP contribution in [0.5, 0.6) is 5.75 Å². The van der Waals surface area contributed by atoms with Crippen LogP contribution in [-0.2, 0) is 14.3 Å². The van der Waals surface area contributed by atoms with Gasteiger partial charge in [0.15, 0.2) is 0 Å². The molecular formula is C24H28N4O4S. The second-order valence-corrected chi connectivity index (χ2v) is 8.48. The van der Waals surface area contributed by atoms with Crippen molar-refractivity contribution < 1.29 is 19.1 Å². The van der Waals surface area contributed by atoms with Gasteiger partial charge in [0, 0.05) is 38.4 Å². The van der Waals surface area contributed by atoms with Crippen molar-refractivity contribution in [2.45, 2.75) is 6.42 Å². The van der Waals surface area contributed by atoms with Gasteiger partial charge in [-0.3, -0.25) is 14.6 Å². The SMILES string of the molecule is COC(=O)C1=CC2=NC(=S)N(CCCN3CCN(c4ccc(OC)cc4)CC3)C(=O)C2C=C1. The number of nitrogens with zero attached hydrogens (tertiary/aromatic N) is 4. The lowest BCUT2D eigenvalue weighted by atomic mass is 9.92. The summed E-state index contributed by atoms with van der Waals surface area (Å²) in [4.78, 5) is 35.5. The second kappa shape index (κ2) is 10.3. The molecule has 8 nitrogen and oxygen atoms in total. The Morgan fingerprint density at radius 1 is 1.12 bits per heavy atom. The van der Waals surface area contributed by atoms with E-state index in [0.717, 1.165) is 44.9 Å². The number of benzene rings is 1. The number of anilines is 1. The molecule has 1 atom stereocenters. The van der Waals surface area contributed by atoms with E-state index in [1.807, 2.05) is 12.1 Å². The lowest BCUT2D eigenvalue weighted by molar-refractivity contribution is -0.135. The lowest BCUT2D eigenvalue weighted by Crippen LogP contribution is -2.49. The molecule has 174 valence electrons. The molecule has 3 aliphatic rings. The largest absolute Gasteiger partial charge is 0.497 e. The van der Waals surface area contributed by atoms with E-state index in [1.165, 1.54) is 12.8 Å². The monoisotopic (exact) mass is 468 g/mol. The summed E-state index contributed by atoms with van der Waals surface area (Å²) < 4.78 is 9.98. The van der Waals surface area contributed by atoms with Gasteiger partial charge in [0.25, 0.3) is 0 Å². The van der Waals surface area contributed by atoms with E-state index >= 15 is 0 Å². The minimum absolute atomic E-state index is 0.0919. The molecule has 2 heterocycles. The predicted octanol–water partition coefficient (Wildman–Crippen LogP) is 2.06. The first-order chi connectivity index (χ1) is 16.0. The van der Waals surface area contributed by atoms with E-state index in [9.17, 15) is 9.59 Å². The van der Waals surface area contributed by atoms with Gasteiger partial charge in [0.1, 0.15) is 5.75 Å². The van der Waals surface area contributed by atoms with Gasteiger partial charge >= 0.3 is 5.97 Å². The number of amides is 1. The summed E-state index contributed by atoms with van der Waals surface area (Å²) in [7, 11) is 3.00.